The summed E-state index contributed by atoms with van der Waals surface area (Å²) in [6.07, 6.45) is 1.55. The summed E-state index contributed by atoms with van der Waals surface area (Å²) in [6.45, 7) is 3.65. The van der Waals surface area contributed by atoms with E-state index in [1.165, 1.54) is 6.07 Å². The second kappa shape index (κ2) is 7.13. The maximum atomic E-state index is 13.9. The van der Waals surface area contributed by atoms with E-state index >= 15 is 0 Å². The van der Waals surface area contributed by atoms with Crippen LogP contribution < -0.4 is 10.2 Å². The van der Waals surface area contributed by atoms with Crippen LogP contribution >= 0.6 is 0 Å². The Labute approximate surface area is 134 Å². The summed E-state index contributed by atoms with van der Waals surface area (Å²) >= 11 is 0. The zero-order chi connectivity index (χ0) is 16.1. The molecule has 0 unspecified atom stereocenters. The highest BCUT2D eigenvalue weighted by molar-refractivity contribution is 5.80. The molecule has 1 fully saturated rings. The minimum Gasteiger partial charge on any atom is -0.366 e. The van der Waals surface area contributed by atoms with Gasteiger partial charge in [0.25, 0.3) is 0 Å². The maximum Gasteiger partial charge on any atom is 0.194 e. The monoisotopic (exact) mass is 317 g/mol. The Balaban J connectivity index is 1.56. The van der Waals surface area contributed by atoms with Crippen molar-refractivity contribution in [2.24, 2.45) is 4.99 Å². The zero-order valence-electron chi connectivity index (χ0n) is 13.1. The Kier molecular flexibility index (Phi) is 4.75. The largest absolute Gasteiger partial charge is 0.366 e. The van der Waals surface area contributed by atoms with Crippen LogP contribution in [0.15, 0.2) is 46.1 Å². The van der Waals surface area contributed by atoms with Crippen LogP contribution in [0.1, 0.15) is 5.69 Å². The number of aliphatic imine (C=N–C) groups is 1. The van der Waals surface area contributed by atoms with E-state index in [1.54, 1.807) is 19.4 Å². The molecule has 0 bridgehead atoms. The van der Waals surface area contributed by atoms with E-state index in [2.05, 4.69) is 25.3 Å². The predicted molar refractivity (Wildman–Crippen MR) is 86.9 cm³/mol. The normalized spacial score (nSPS) is 15.8. The van der Waals surface area contributed by atoms with Crippen LogP contribution in [0.3, 0.4) is 0 Å². The molecule has 0 spiro atoms. The number of aromatic nitrogens is 1. The van der Waals surface area contributed by atoms with Crippen LogP contribution in [0, 0.1) is 5.82 Å². The molecule has 1 saturated heterocycles. The Morgan fingerprint density at radius 1 is 1.26 bits per heavy atom. The molecule has 1 aliphatic rings. The number of para-hydroxylation sites is 1. The topological polar surface area (TPSA) is 56.9 Å². The van der Waals surface area contributed by atoms with E-state index in [0.29, 0.717) is 12.2 Å². The smallest absolute Gasteiger partial charge is 0.194 e. The van der Waals surface area contributed by atoms with Gasteiger partial charge >= 0.3 is 0 Å². The third-order valence-electron chi connectivity index (χ3n) is 3.90. The average Bonchev–Trinajstić information content (AvgIpc) is 3.10. The molecule has 0 radical (unpaired) electrons. The van der Waals surface area contributed by atoms with Crippen molar-refractivity contribution in [2.45, 2.75) is 6.54 Å². The molecule has 6 nitrogen and oxygen atoms in total. The minimum absolute atomic E-state index is 0.172. The van der Waals surface area contributed by atoms with Crippen LogP contribution in [-0.4, -0.2) is 49.2 Å². The molecular weight excluding hydrogens is 297 g/mol. The van der Waals surface area contributed by atoms with Crippen LogP contribution in [-0.2, 0) is 6.54 Å². The van der Waals surface area contributed by atoms with Crippen molar-refractivity contribution >= 4 is 11.6 Å². The molecule has 122 valence electrons. The molecule has 1 aromatic heterocycles. The highest BCUT2D eigenvalue weighted by Gasteiger charge is 2.21. The average molecular weight is 317 g/mol. The Hall–Kier alpha value is -2.57. The van der Waals surface area contributed by atoms with Gasteiger partial charge in [-0.25, -0.2) is 4.39 Å². The van der Waals surface area contributed by atoms with Gasteiger partial charge in [-0.2, -0.15) is 0 Å². The zero-order valence-corrected chi connectivity index (χ0v) is 13.1. The van der Waals surface area contributed by atoms with Crippen LogP contribution in [0.2, 0.25) is 0 Å². The summed E-state index contributed by atoms with van der Waals surface area (Å²) in [7, 11) is 1.76. The predicted octanol–water partition coefficient (Wildman–Crippen LogP) is 1.71. The first-order chi connectivity index (χ1) is 11.3. The molecule has 1 aromatic carbocycles. The number of anilines is 1. The summed E-state index contributed by atoms with van der Waals surface area (Å²) in [5.74, 6) is 0.649. The van der Waals surface area contributed by atoms with Crippen LogP contribution in [0.5, 0.6) is 0 Å². The molecular formula is C16H20FN5O. The first kappa shape index (κ1) is 15.3. The fourth-order valence-electron chi connectivity index (χ4n) is 2.70. The first-order valence-corrected chi connectivity index (χ1v) is 7.62. The van der Waals surface area contributed by atoms with Gasteiger partial charge in [0.05, 0.1) is 12.2 Å². The lowest BCUT2D eigenvalue weighted by molar-refractivity contribution is 0.369. The molecule has 2 heterocycles. The van der Waals surface area contributed by atoms with E-state index in [1.807, 2.05) is 18.2 Å². The van der Waals surface area contributed by atoms with Crippen molar-refractivity contribution in [2.75, 3.05) is 38.1 Å². The van der Waals surface area contributed by atoms with Gasteiger partial charge in [0.15, 0.2) is 5.96 Å². The van der Waals surface area contributed by atoms with Gasteiger partial charge in [-0.05, 0) is 12.1 Å². The van der Waals surface area contributed by atoms with Crippen molar-refractivity contribution in [3.8, 4) is 0 Å². The van der Waals surface area contributed by atoms with E-state index in [-0.39, 0.29) is 5.82 Å². The summed E-state index contributed by atoms with van der Waals surface area (Å²) in [5.41, 5.74) is 1.49. The lowest BCUT2D eigenvalue weighted by atomic mass is 10.2. The number of halogens is 1. The number of piperazine rings is 1. The fraction of sp³-hybridized carbons (Fsp3) is 0.375. The molecule has 7 heteroatoms. The number of hydrogen-bond acceptors (Lipinski definition) is 4. The molecule has 23 heavy (non-hydrogen) atoms. The Morgan fingerprint density at radius 2 is 2.04 bits per heavy atom. The van der Waals surface area contributed by atoms with Gasteiger partial charge in [-0.15, -0.1) is 0 Å². The summed E-state index contributed by atoms with van der Waals surface area (Å²) in [4.78, 5) is 8.54. The SMILES string of the molecule is CN=C(NCc1ccon1)N1CCN(c2ccccc2F)CC1. The molecule has 0 amide bonds. The number of benzene rings is 1. The highest BCUT2D eigenvalue weighted by atomic mass is 19.1. The summed E-state index contributed by atoms with van der Waals surface area (Å²) in [6, 6.07) is 8.72. The van der Waals surface area contributed by atoms with Crippen molar-refractivity contribution in [1.82, 2.24) is 15.4 Å². The van der Waals surface area contributed by atoms with E-state index in [0.717, 1.165) is 37.8 Å². The highest BCUT2D eigenvalue weighted by Crippen LogP contribution is 2.20. The van der Waals surface area contributed by atoms with Gasteiger partial charge in [-0.1, -0.05) is 17.3 Å². The third kappa shape index (κ3) is 3.61. The molecule has 0 atom stereocenters. The van der Waals surface area contributed by atoms with E-state index in [4.69, 9.17) is 4.52 Å². The quantitative estimate of drug-likeness (QED) is 0.690. The molecule has 0 saturated carbocycles. The van der Waals surface area contributed by atoms with Crippen molar-refractivity contribution in [3.05, 3.63) is 48.1 Å². The number of hydrogen-bond donors (Lipinski definition) is 1. The Bertz CT molecular complexity index is 650. The number of nitrogens with one attached hydrogen (secondary N) is 1. The standard InChI is InChI=1S/C16H20FN5O/c1-18-16(19-12-13-6-11-23-20-13)22-9-7-21(8-10-22)15-5-3-2-4-14(15)17/h2-6,11H,7-10,12H2,1H3,(H,18,19). The molecule has 2 aromatic rings. The third-order valence-corrected chi connectivity index (χ3v) is 3.90. The van der Waals surface area contributed by atoms with Crippen LogP contribution in [0.25, 0.3) is 0 Å². The Morgan fingerprint density at radius 3 is 2.70 bits per heavy atom. The minimum atomic E-state index is -0.172. The van der Waals surface area contributed by atoms with Gasteiger partial charge in [-0.3, -0.25) is 4.99 Å². The lowest BCUT2D eigenvalue weighted by Gasteiger charge is -2.37. The number of rotatable bonds is 3. The molecule has 3 rings (SSSR count). The van der Waals surface area contributed by atoms with Crippen molar-refractivity contribution < 1.29 is 8.91 Å². The van der Waals surface area contributed by atoms with Gasteiger partial charge in [0.2, 0.25) is 0 Å². The van der Waals surface area contributed by atoms with E-state index in [9.17, 15) is 4.39 Å². The molecule has 1 N–H and O–H groups in total. The van der Waals surface area contributed by atoms with Gasteiger partial charge in [0.1, 0.15) is 17.8 Å². The second-order valence-corrected chi connectivity index (χ2v) is 5.32. The first-order valence-electron chi connectivity index (χ1n) is 7.62. The van der Waals surface area contributed by atoms with Gasteiger partial charge in [0, 0.05) is 39.3 Å². The summed E-state index contributed by atoms with van der Waals surface area (Å²) < 4.78 is 18.7. The molecule has 1 aliphatic heterocycles. The van der Waals surface area contributed by atoms with Crippen molar-refractivity contribution in [3.63, 3.8) is 0 Å². The second-order valence-electron chi connectivity index (χ2n) is 5.32. The lowest BCUT2D eigenvalue weighted by Crippen LogP contribution is -2.52. The van der Waals surface area contributed by atoms with Crippen molar-refractivity contribution in [1.29, 1.82) is 0 Å². The maximum absolute atomic E-state index is 13.9. The number of guanidine groups is 1. The van der Waals surface area contributed by atoms with Crippen LogP contribution in [0.4, 0.5) is 10.1 Å². The molecule has 0 aliphatic carbocycles. The number of nitrogens with zero attached hydrogens (tertiary/aromatic N) is 4. The summed E-state index contributed by atoms with van der Waals surface area (Å²) in [5, 5.41) is 7.14. The van der Waals surface area contributed by atoms with E-state index < -0.39 is 0 Å². The van der Waals surface area contributed by atoms with Gasteiger partial charge < -0.3 is 19.6 Å². The fourth-order valence-corrected chi connectivity index (χ4v) is 2.70.